The topological polar surface area (TPSA) is 75.6 Å². The smallest absolute Gasteiger partial charge is 0.233 e. The third kappa shape index (κ3) is 3.74. The average molecular weight is 435 g/mol. The van der Waals surface area contributed by atoms with Crippen molar-refractivity contribution in [3.63, 3.8) is 0 Å². The quantitative estimate of drug-likeness (QED) is 0.717. The summed E-state index contributed by atoms with van der Waals surface area (Å²) in [6.07, 6.45) is 6.46. The Balaban J connectivity index is 1.43. The summed E-state index contributed by atoms with van der Waals surface area (Å²) in [6, 6.07) is 7.65. The molecule has 5 rings (SSSR count). The van der Waals surface area contributed by atoms with E-state index in [0.717, 1.165) is 67.6 Å². The van der Waals surface area contributed by atoms with Gasteiger partial charge in [-0.15, -0.1) is 0 Å². The van der Waals surface area contributed by atoms with Crippen LogP contribution in [0.25, 0.3) is 0 Å². The lowest BCUT2D eigenvalue weighted by Gasteiger charge is -2.27. The van der Waals surface area contributed by atoms with Gasteiger partial charge >= 0.3 is 0 Å². The molecule has 1 atom stereocenters. The second kappa shape index (κ2) is 8.52. The monoisotopic (exact) mass is 434 g/mol. The van der Waals surface area contributed by atoms with E-state index in [2.05, 4.69) is 0 Å². The van der Waals surface area contributed by atoms with Gasteiger partial charge in [-0.1, -0.05) is 25.0 Å². The van der Waals surface area contributed by atoms with Gasteiger partial charge in [0.1, 0.15) is 11.6 Å². The number of benzene rings is 1. The van der Waals surface area contributed by atoms with Crippen molar-refractivity contribution in [3.8, 4) is 5.75 Å². The molecule has 1 saturated carbocycles. The van der Waals surface area contributed by atoms with Crippen molar-refractivity contribution in [2.24, 2.45) is 5.92 Å². The maximum atomic E-state index is 13.2. The Morgan fingerprint density at radius 2 is 1.84 bits per heavy atom. The van der Waals surface area contributed by atoms with Gasteiger partial charge in [0.2, 0.25) is 11.8 Å². The van der Waals surface area contributed by atoms with E-state index in [-0.39, 0.29) is 23.8 Å². The van der Waals surface area contributed by atoms with Gasteiger partial charge in [0.25, 0.3) is 0 Å². The van der Waals surface area contributed by atoms with Gasteiger partial charge in [0, 0.05) is 23.7 Å². The van der Waals surface area contributed by atoms with E-state index in [9.17, 15) is 9.59 Å². The highest BCUT2D eigenvalue weighted by molar-refractivity contribution is 6.00. The van der Waals surface area contributed by atoms with Crippen molar-refractivity contribution < 1.29 is 14.3 Å². The van der Waals surface area contributed by atoms with Gasteiger partial charge in [-0.2, -0.15) is 0 Å². The summed E-state index contributed by atoms with van der Waals surface area (Å²) >= 11 is 0. The molecule has 2 amide bonds. The molecule has 0 spiro atoms. The number of methoxy groups -OCH3 is 1. The van der Waals surface area contributed by atoms with E-state index in [1.165, 1.54) is 0 Å². The summed E-state index contributed by atoms with van der Waals surface area (Å²) < 4.78 is 5.24. The van der Waals surface area contributed by atoms with E-state index in [0.29, 0.717) is 24.6 Å². The first-order chi connectivity index (χ1) is 15.5. The molecule has 2 aromatic rings. The van der Waals surface area contributed by atoms with Crippen LogP contribution in [0.4, 0.5) is 5.82 Å². The Kier molecular flexibility index (Phi) is 5.57. The summed E-state index contributed by atoms with van der Waals surface area (Å²) in [5, 5.41) is 0. The van der Waals surface area contributed by atoms with Crippen LogP contribution in [0.5, 0.6) is 5.75 Å². The van der Waals surface area contributed by atoms with Gasteiger partial charge in [-0.3, -0.25) is 14.5 Å². The Bertz CT molecular complexity index is 1030. The van der Waals surface area contributed by atoms with E-state index in [1.807, 2.05) is 36.1 Å². The number of aryl methyl sites for hydroxylation is 1. The fourth-order valence-corrected chi connectivity index (χ4v) is 5.33. The molecular formula is C25H30N4O3. The number of carbonyl (C=O) groups is 2. The highest BCUT2D eigenvalue weighted by Crippen LogP contribution is 2.38. The molecule has 3 aliphatic rings. The fraction of sp³-hybridized carbons (Fsp3) is 0.520. The molecule has 168 valence electrons. The number of nitrogens with zero attached hydrogens (tertiary/aromatic N) is 4. The van der Waals surface area contributed by atoms with Crippen molar-refractivity contribution in [3.05, 3.63) is 46.9 Å². The van der Waals surface area contributed by atoms with Crippen molar-refractivity contribution in [2.45, 2.75) is 64.5 Å². The van der Waals surface area contributed by atoms with Crippen LogP contribution in [-0.2, 0) is 22.6 Å². The van der Waals surface area contributed by atoms with Gasteiger partial charge in [-0.05, 0) is 50.3 Å². The minimum absolute atomic E-state index is 0.0377. The second-order valence-corrected chi connectivity index (χ2v) is 9.15. The predicted octanol–water partition coefficient (Wildman–Crippen LogP) is 3.74. The Labute approximate surface area is 188 Å². The number of hydrogen-bond donors (Lipinski definition) is 0. The third-order valence-corrected chi connectivity index (χ3v) is 7.13. The lowest BCUT2D eigenvalue weighted by Crippen LogP contribution is -2.35. The van der Waals surface area contributed by atoms with Crippen molar-refractivity contribution in [2.75, 3.05) is 18.6 Å². The summed E-state index contributed by atoms with van der Waals surface area (Å²) in [6.45, 7) is 3.18. The zero-order chi connectivity index (χ0) is 22.2. The molecule has 0 unspecified atom stereocenters. The standard InChI is InChI=1S/C25H30N4O3/c1-16-20-14-22(30)29(15-17-9-11-19(32-2)12-10-17)24(20)27-23(26-16)21-8-5-13-28(21)25(31)18-6-3-4-7-18/h9-12,18,21H,3-8,13-15H2,1-2H3/t21-/m0/s1. The Morgan fingerprint density at radius 1 is 1.09 bits per heavy atom. The van der Waals surface area contributed by atoms with Gasteiger partial charge < -0.3 is 9.64 Å². The lowest BCUT2D eigenvalue weighted by molar-refractivity contribution is -0.136. The molecule has 3 heterocycles. The zero-order valence-corrected chi connectivity index (χ0v) is 18.8. The minimum atomic E-state index is -0.0920. The normalized spacial score (nSPS) is 20.8. The summed E-state index contributed by atoms with van der Waals surface area (Å²) in [7, 11) is 1.64. The average Bonchev–Trinajstić information content (AvgIpc) is 3.55. The molecule has 1 aromatic heterocycles. The number of carbonyl (C=O) groups excluding carboxylic acids is 2. The van der Waals surface area contributed by atoms with E-state index in [1.54, 1.807) is 12.0 Å². The molecule has 32 heavy (non-hydrogen) atoms. The largest absolute Gasteiger partial charge is 0.497 e. The number of hydrogen-bond acceptors (Lipinski definition) is 5. The number of amides is 2. The van der Waals surface area contributed by atoms with Gasteiger partial charge in [-0.25, -0.2) is 9.97 Å². The lowest BCUT2D eigenvalue weighted by atomic mass is 10.1. The van der Waals surface area contributed by atoms with Crippen LogP contribution in [0.15, 0.2) is 24.3 Å². The van der Waals surface area contributed by atoms with Crippen molar-refractivity contribution in [1.29, 1.82) is 0 Å². The molecule has 0 radical (unpaired) electrons. The molecule has 2 aliphatic heterocycles. The molecular weight excluding hydrogens is 404 g/mol. The van der Waals surface area contributed by atoms with E-state index in [4.69, 9.17) is 14.7 Å². The number of likely N-dealkylation sites (tertiary alicyclic amines) is 1. The van der Waals surface area contributed by atoms with Crippen LogP contribution in [0.1, 0.15) is 67.2 Å². The first-order valence-corrected chi connectivity index (χ1v) is 11.7. The van der Waals surface area contributed by atoms with Crippen LogP contribution in [-0.4, -0.2) is 40.3 Å². The van der Waals surface area contributed by atoms with Crippen LogP contribution in [0, 0.1) is 12.8 Å². The molecule has 0 bridgehead atoms. The highest BCUT2D eigenvalue weighted by Gasteiger charge is 2.38. The number of fused-ring (bicyclic) bond motifs is 1. The molecule has 0 N–H and O–H groups in total. The Hall–Kier alpha value is -2.96. The van der Waals surface area contributed by atoms with Crippen LogP contribution >= 0.6 is 0 Å². The molecule has 1 saturated heterocycles. The predicted molar refractivity (Wildman–Crippen MR) is 120 cm³/mol. The summed E-state index contributed by atoms with van der Waals surface area (Å²) in [5.74, 6) is 2.62. The molecule has 7 nitrogen and oxygen atoms in total. The zero-order valence-electron chi connectivity index (χ0n) is 18.8. The van der Waals surface area contributed by atoms with Crippen molar-refractivity contribution in [1.82, 2.24) is 14.9 Å². The second-order valence-electron chi connectivity index (χ2n) is 9.15. The fourth-order valence-electron chi connectivity index (χ4n) is 5.33. The third-order valence-electron chi connectivity index (χ3n) is 7.13. The number of rotatable bonds is 5. The first kappa shape index (κ1) is 20.9. The van der Waals surface area contributed by atoms with Crippen LogP contribution in [0.3, 0.4) is 0 Å². The molecule has 1 aliphatic carbocycles. The number of ether oxygens (including phenoxy) is 1. The van der Waals surface area contributed by atoms with Crippen molar-refractivity contribution >= 4 is 17.6 Å². The maximum absolute atomic E-state index is 13.2. The van der Waals surface area contributed by atoms with E-state index < -0.39 is 0 Å². The SMILES string of the molecule is COc1ccc(CN2C(=O)Cc3c(C)nc([C@@H]4CCCN4C(=O)C4CCCC4)nc32)cc1. The Morgan fingerprint density at radius 3 is 2.56 bits per heavy atom. The summed E-state index contributed by atoms with van der Waals surface area (Å²) in [4.78, 5) is 39.5. The number of anilines is 1. The minimum Gasteiger partial charge on any atom is -0.497 e. The van der Waals surface area contributed by atoms with Crippen LogP contribution < -0.4 is 9.64 Å². The van der Waals surface area contributed by atoms with Gasteiger partial charge in [0.05, 0.1) is 26.1 Å². The number of aromatic nitrogens is 2. The molecule has 1 aromatic carbocycles. The van der Waals surface area contributed by atoms with Gasteiger partial charge in [0.15, 0.2) is 5.82 Å². The van der Waals surface area contributed by atoms with E-state index >= 15 is 0 Å². The maximum Gasteiger partial charge on any atom is 0.233 e. The molecule has 7 heteroatoms. The molecule has 2 fully saturated rings. The van der Waals surface area contributed by atoms with Crippen LogP contribution in [0.2, 0.25) is 0 Å². The first-order valence-electron chi connectivity index (χ1n) is 11.7. The highest BCUT2D eigenvalue weighted by atomic mass is 16.5. The summed E-state index contributed by atoms with van der Waals surface area (Å²) in [5.41, 5.74) is 2.76.